The van der Waals surface area contributed by atoms with E-state index in [1.165, 1.54) is 18.2 Å². The number of nitrogens with two attached hydrogens (primary N) is 1. The maximum absolute atomic E-state index is 15.5. The molecule has 4 nitrogen and oxygen atoms in total. The molecule has 3 N–H and O–H groups in total. The summed E-state index contributed by atoms with van der Waals surface area (Å²) in [4.78, 5) is 4.58. The first-order chi connectivity index (χ1) is 12.0. The number of rotatable bonds is 2. The van der Waals surface area contributed by atoms with Gasteiger partial charge in [-0.3, -0.25) is 0 Å². The number of allylic oxidation sites excluding steroid dienone is 4. The van der Waals surface area contributed by atoms with Gasteiger partial charge in [0, 0.05) is 19.5 Å². The van der Waals surface area contributed by atoms with Gasteiger partial charge in [0.25, 0.3) is 0 Å². The molecule has 2 aliphatic rings. The van der Waals surface area contributed by atoms with Crippen molar-refractivity contribution in [1.29, 1.82) is 0 Å². The molecule has 0 spiro atoms. The Labute approximate surface area is 149 Å². The van der Waals surface area contributed by atoms with Crippen LogP contribution in [0.1, 0.15) is 23.5 Å². The van der Waals surface area contributed by atoms with Crippen LogP contribution in [0, 0.1) is 5.82 Å². The molecule has 4 rings (SSSR count). The average Bonchev–Trinajstić information content (AvgIpc) is 2.95. The van der Waals surface area contributed by atoms with Crippen LogP contribution in [0.4, 0.5) is 14.6 Å². The Hall–Kier alpha value is -2.18. The van der Waals surface area contributed by atoms with Crippen LogP contribution in [0.15, 0.2) is 36.4 Å². The number of alkyl halides is 1. The minimum Gasteiger partial charge on any atom is -0.383 e. The van der Waals surface area contributed by atoms with Crippen molar-refractivity contribution in [3.63, 3.8) is 0 Å². The minimum absolute atomic E-state index is 0.0265. The molecule has 2 aromatic rings. The number of fused-ring (bicyclic) bond motifs is 1. The minimum atomic E-state index is -1.83. The fourth-order valence-electron chi connectivity index (χ4n) is 3.35. The average molecular weight is 363 g/mol. The zero-order valence-electron chi connectivity index (χ0n) is 13.4. The molecule has 0 saturated carbocycles. The van der Waals surface area contributed by atoms with Crippen LogP contribution in [0.2, 0.25) is 5.02 Å². The van der Waals surface area contributed by atoms with Gasteiger partial charge < -0.3 is 15.6 Å². The van der Waals surface area contributed by atoms with E-state index in [-0.39, 0.29) is 17.0 Å². The first-order valence-corrected chi connectivity index (χ1v) is 8.44. The number of hydrogen-bond acceptors (Lipinski definition) is 3. The zero-order valence-corrected chi connectivity index (χ0v) is 14.2. The van der Waals surface area contributed by atoms with Gasteiger partial charge in [-0.1, -0.05) is 29.8 Å². The summed E-state index contributed by atoms with van der Waals surface area (Å²) in [5.74, 6) is 0.752. The van der Waals surface area contributed by atoms with Crippen molar-refractivity contribution in [3.05, 3.63) is 64.3 Å². The Morgan fingerprint density at radius 2 is 2.20 bits per heavy atom. The van der Waals surface area contributed by atoms with Gasteiger partial charge in [0.2, 0.25) is 0 Å². The molecule has 0 radical (unpaired) electrons. The second-order valence-corrected chi connectivity index (χ2v) is 6.72. The van der Waals surface area contributed by atoms with Gasteiger partial charge in [0.1, 0.15) is 23.2 Å². The van der Waals surface area contributed by atoms with Crippen LogP contribution in [0.3, 0.4) is 0 Å². The highest BCUT2D eigenvalue weighted by Gasteiger charge is 2.34. The molecule has 1 aliphatic heterocycles. The standard InChI is InChI=1S/C18H17ClF2N4/c19-13-4-3-12(8-14(13)20)18(21)5-1-2-11(9-18)16-17(22)25-7-6-23-10-15(25)24-16/h1-5,8,23H,6-7,9-10,22H2. The van der Waals surface area contributed by atoms with E-state index in [1.54, 1.807) is 6.08 Å². The summed E-state index contributed by atoms with van der Waals surface area (Å²) >= 11 is 5.71. The van der Waals surface area contributed by atoms with Crippen molar-refractivity contribution in [2.45, 2.75) is 25.2 Å². The summed E-state index contributed by atoms with van der Waals surface area (Å²) < 4.78 is 31.3. The lowest BCUT2D eigenvalue weighted by Crippen LogP contribution is -2.28. The molecule has 1 unspecified atom stereocenters. The van der Waals surface area contributed by atoms with Gasteiger partial charge in [-0.25, -0.2) is 13.8 Å². The summed E-state index contributed by atoms with van der Waals surface area (Å²) in [6.07, 6.45) is 4.90. The molecule has 1 aromatic carbocycles. The topological polar surface area (TPSA) is 55.9 Å². The number of nitrogen functional groups attached to an aromatic ring is 1. The van der Waals surface area contributed by atoms with Crippen LogP contribution >= 0.6 is 11.6 Å². The fourth-order valence-corrected chi connectivity index (χ4v) is 3.47. The molecule has 0 amide bonds. The number of imidazole rings is 1. The predicted octanol–water partition coefficient (Wildman–Crippen LogP) is 3.57. The highest BCUT2D eigenvalue weighted by molar-refractivity contribution is 6.30. The third-order valence-corrected chi connectivity index (χ3v) is 5.00. The van der Waals surface area contributed by atoms with E-state index in [9.17, 15) is 4.39 Å². The molecule has 25 heavy (non-hydrogen) atoms. The van der Waals surface area contributed by atoms with Gasteiger partial charge in [0.15, 0.2) is 5.67 Å². The molecule has 130 valence electrons. The van der Waals surface area contributed by atoms with E-state index in [2.05, 4.69) is 10.3 Å². The van der Waals surface area contributed by atoms with Gasteiger partial charge >= 0.3 is 0 Å². The number of aromatic nitrogens is 2. The van der Waals surface area contributed by atoms with Crippen molar-refractivity contribution in [1.82, 2.24) is 14.9 Å². The van der Waals surface area contributed by atoms with Gasteiger partial charge in [-0.15, -0.1) is 0 Å². The second kappa shape index (κ2) is 5.97. The number of benzene rings is 1. The molecule has 1 atom stereocenters. The molecule has 1 aromatic heterocycles. The van der Waals surface area contributed by atoms with Crippen LogP contribution in [-0.4, -0.2) is 16.1 Å². The summed E-state index contributed by atoms with van der Waals surface area (Å²) in [6.45, 7) is 2.19. The molecule has 2 heterocycles. The normalized spacial score (nSPS) is 22.6. The Bertz CT molecular complexity index is 903. The van der Waals surface area contributed by atoms with E-state index in [0.29, 0.717) is 23.6 Å². The van der Waals surface area contributed by atoms with Gasteiger partial charge in [0.05, 0.1) is 11.6 Å². The predicted molar refractivity (Wildman–Crippen MR) is 94.3 cm³/mol. The lowest BCUT2D eigenvalue weighted by molar-refractivity contribution is 0.239. The van der Waals surface area contributed by atoms with E-state index >= 15 is 4.39 Å². The quantitative estimate of drug-likeness (QED) is 0.858. The maximum Gasteiger partial charge on any atom is 0.158 e. The third-order valence-electron chi connectivity index (χ3n) is 4.69. The number of nitrogens with zero attached hydrogens (tertiary/aromatic N) is 2. The monoisotopic (exact) mass is 362 g/mol. The van der Waals surface area contributed by atoms with Crippen molar-refractivity contribution in [3.8, 4) is 0 Å². The van der Waals surface area contributed by atoms with Crippen LogP contribution in [0.25, 0.3) is 5.57 Å². The van der Waals surface area contributed by atoms with Crippen LogP contribution in [-0.2, 0) is 18.8 Å². The Balaban J connectivity index is 1.69. The highest BCUT2D eigenvalue weighted by Crippen LogP contribution is 2.42. The number of nitrogens with one attached hydrogen (secondary N) is 1. The maximum atomic E-state index is 15.5. The van der Waals surface area contributed by atoms with Crippen molar-refractivity contribution >= 4 is 23.0 Å². The van der Waals surface area contributed by atoms with E-state index in [1.807, 2.05) is 10.6 Å². The van der Waals surface area contributed by atoms with Crippen LogP contribution in [0.5, 0.6) is 0 Å². The first-order valence-electron chi connectivity index (χ1n) is 8.07. The first kappa shape index (κ1) is 16.3. The van der Waals surface area contributed by atoms with Crippen molar-refractivity contribution in [2.75, 3.05) is 12.3 Å². The Morgan fingerprint density at radius 1 is 1.36 bits per heavy atom. The van der Waals surface area contributed by atoms with Crippen LogP contribution < -0.4 is 11.1 Å². The molecular formula is C18H17ClF2N4. The molecule has 0 fully saturated rings. The molecule has 0 saturated heterocycles. The Kier molecular flexibility index (Phi) is 3.89. The highest BCUT2D eigenvalue weighted by atomic mass is 35.5. The van der Waals surface area contributed by atoms with Gasteiger partial charge in [-0.05, 0) is 29.3 Å². The van der Waals surface area contributed by atoms with Crippen molar-refractivity contribution in [2.24, 2.45) is 0 Å². The number of hydrogen-bond donors (Lipinski definition) is 2. The third kappa shape index (κ3) is 2.75. The lowest BCUT2D eigenvalue weighted by Gasteiger charge is -2.26. The molecule has 7 heteroatoms. The summed E-state index contributed by atoms with van der Waals surface area (Å²) in [6, 6.07) is 4.01. The zero-order chi connectivity index (χ0) is 17.6. The molecule has 0 bridgehead atoms. The lowest BCUT2D eigenvalue weighted by atomic mass is 9.84. The van der Waals surface area contributed by atoms with Crippen molar-refractivity contribution < 1.29 is 8.78 Å². The molecule has 1 aliphatic carbocycles. The van der Waals surface area contributed by atoms with E-state index in [4.69, 9.17) is 17.3 Å². The Morgan fingerprint density at radius 3 is 2.96 bits per heavy atom. The summed E-state index contributed by atoms with van der Waals surface area (Å²) in [5, 5.41) is 3.21. The number of halogens is 3. The SMILES string of the molecule is Nc1c(C2=CC=CC(F)(c3ccc(Cl)c(F)c3)C2)nc2n1CCNC2. The summed E-state index contributed by atoms with van der Waals surface area (Å²) in [7, 11) is 0. The van der Waals surface area contributed by atoms with E-state index < -0.39 is 11.5 Å². The largest absolute Gasteiger partial charge is 0.383 e. The summed E-state index contributed by atoms with van der Waals surface area (Å²) in [5.41, 5.74) is 5.92. The second-order valence-electron chi connectivity index (χ2n) is 6.31. The smallest absolute Gasteiger partial charge is 0.158 e. The fraction of sp³-hybridized carbons (Fsp3) is 0.278. The van der Waals surface area contributed by atoms with E-state index in [0.717, 1.165) is 25.0 Å². The van der Waals surface area contributed by atoms with Gasteiger partial charge in [-0.2, -0.15) is 0 Å². The molecular weight excluding hydrogens is 346 g/mol. The number of anilines is 1.